The first-order chi connectivity index (χ1) is 25.7. The maximum absolute atomic E-state index is 13.3. The molecule has 0 saturated carbocycles. The molecule has 3 rings (SSSR count). The van der Waals surface area contributed by atoms with Gasteiger partial charge in [-0.2, -0.15) is 0 Å². The number of aliphatic hydroxyl groups excluding tert-OH is 2. The second-order valence-electron chi connectivity index (χ2n) is 13.2. The third-order valence-electron chi connectivity index (χ3n) is 8.38. The van der Waals surface area contributed by atoms with E-state index in [4.69, 9.17) is 14.2 Å². The molecule has 0 aliphatic carbocycles. The van der Waals surface area contributed by atoms with Crippen LogP contribution in [0, 0.1) is 5.92 Å². The zero-order valence-corrected chi connectivity index (χ0v) is 32.1. The van der Waals surface area contributed by atoms with Crippen LogP contribution in [-0.2, 0) is 30.3 Å². The molecule has 1 aromatic carbocycles. The lowest BCUT2D eigenvalue weighted by Crippen LogP contribution is -2.41. The Balaban J connectivity index is 1.38. The van der Waals surface area contributed by atoms with Crippen molar-refractivity contribution in [3.05, 3.63) is 47.4 Å². The van der Waals surface area contributed by atoms with E-state index >= 15 is 0 Å². The SMILES string of the molecule is CCCCOCCOCCOCCCNCCCCNC(O)c1ccc(N(Cc2cnc3c(n2)C(O)N=C(NC(=O)C(C)C)N3)C(=O)CCCC)cc1. The van der Waals surface area contributed by atoms with Gasteiger partial charge in [-0.05, 0) is 69.4 Å². The zero-order valence-electron chi connectivity index (χ0n) is 32.1. The highest BCUT2D eigenvalue weighted by Crippen LogP contribution is 2.26. The molecule has 2 aromatic rings. The Morgan fingerprint density at radius 1 is 0.887 bits per heavy atom. The molecule has 15 heteroatoms. The molecule has 0 fully saturated rings. The number of aromatic nitrogens is 2. The highest BCUT2D eigenvalue weighted by atomic mass is 16.5. The fourth-order valence-electron chi connectivity index (χ4n) is 5.18. The van der Waals surface area contributed by atoms with Crippen LogP contribution in [0.25, 0.3) is 0 Å². The lowest BCUT2D eigenvalue weighted by Gasteiger charge is -2.25. The van der Waals surface area contributed by atoms with Gasteiger partial charge in [0.2, 0.25) is 17.8 Å². The maximum atomic E-state index is 13.3. The largest absolute Gasteiger partial charge is 0.379 e. The maximum Gasteiger partial charge on any atom is 0.229 e. The number of nitrogens with zero attached hydrogens (tertiary/aromatic N) is 4. The molecule has 6 N–H and O–H groups in total. The number of amides is 2. The Kier molecular flexibility index (Phi) is 21.0. The highest BCUT2D eigenvalue weighted by Gasteiger charge is 2.25. The van der Waals surface area contributed by atoms with Crippen LogP contribution in [-0.4, -0.2) is 97.2 Å². The van der Waals surface area contributed by atoms with Gasteiger partial charge in [0.25, 0.3) is 0 Å². The van der Waals surface area contributed by atoms with Crippen molar-refractivity contribution in [2.24, 2.45) is 10.9 Å². The molecular weight excluding hydrogens is 680 g/mol. The number of aliphatic hydroxyl groups is 2. The summed E-state index contributed by atoms with van der Waals surface area (Å²) in [6.45, 7) is 14.2. The number of carbonyl (C=O) groups excluding carboxylic acids is 2. The van der Waals surface area contributed by atoms with Crippen molar-refractivity contribution in [2.45, 2.75) is 98.1 Å². The Labute approximate surface area is 314 Å². The standard InChI is InChI=1S/C38H62N8O7/c1-5-7-12-32(47)46(27-30-26-41-34-33(42-30)37(50)45-38(43-34)44-35(48)28(3)4)31-15-13-29(14-16-31)36(49)40-19-10-9-17-39-18-11-21-52-23-25-53-24-22-51-20-8-6-2/h13-16,26,28,36-37,39-40,49-50H,5-12,17-25,27H2,1-4H3,(H2,41,43,44,45,48). The molecule has 0 spiro atoms. The number of anilines is 2. The molecule has 0 saturated heterocycles. The quantitative estimate of drug-likeness (QED) is 0.0572. The number of aliphatic imine (C=N–C) groups is 1. The van der Waals surface area contributed by atoms with Crippen molar-refractivity contribution in [1.82, 2.24) is 25.9 Å². The minimum absolute atomic E-state index is 0.0707. The summed E-state index contributed by atoms with van der Waals surface area (Å²) in [5.74, 6) is -0.208. The predicted octanol–water partition coefficient (Wildman–Crippen LogP) is 3.93. The molecule has 2 heterocycles. The summed E-state index contributed by atoms with van der Waals surface area (Å²) in [6, 6.07) is 7.23. The van der Waals surface area contributed by atoms with Gasteiger partial charge < -0.3 is 40.0 Å². The lowest BCUT2D eigenvalue weighted by molar-refractivity contribution is -0.122. The van der Waals surface area contributed by atoms with Crippen molar-refractivity contribution >= 4 is 29.3 Å². The van der Waals surface area contributed by atoms with Crippen molar-refractivity contribution in [3.63, 3.8) is 0 Å². The molecule has 1 aromatic heterocycles. The molecule has 1 aliphatic heterocycles. The molecule has 1 aliphatic rings. The van der Waals surface area contributed by atoms with Crippen molar-refractivity contribution in [3.8, 4) is 0 Å². The number of guanidine groups is 1. The van der Waals surface area contributed by atoms with E-state index in [9.17, 15) is 19.8 Å². The first-order valence-electron chi connectivity index (χ1n) is 19.2. The number of carbonyl (C=O) groups is 2. The number of benzene rings is 1. The van der Waals surface area contributed by atoms with E-state index in [1.165, 1.54) is 6.20 Å². The first-order valence-corrected chi connectivity index (χ1v) is 19.2. The molecule has 2 atom stereocenters. The topological polar surface area (TPSA) is 192 Å². The van der Waals surface area contributed by atoms with E-state index in [0.29, 0.717) is 62.9 Å². The average molecular weight is 743 g/mol. The number of fused-ring (bicyclic) bond motifs is 1. The van der Waals surface area contributed by atoms with Gasteiger partial charge >= 0.3 is 0 Å². The Morgan fingerprint density at radius 3 is 2.21 bits per heavy atom. The summed E-state index contributed by atoms with van der Waals surface area (Å²) in [5.41, 5.74) is 2.02. The Bertz CT molecular complexity index is 1380. The first kappa shape index (κ1) is 43.8. The van der Waals surface area contributed by atoms with Gasteiger partial charge in [0.1, 0.15) is 11.9 Å². The minimum Gasteiger partial charge on any atom is -0.379 e. The summed E-state index contributed by atoms with van der Waals surface area (Å²) < 4.78 is 16.6. The van der Waals surface area contributed by atoms with Crippen LogP contribution >= 0.6 is 0 Å². The summed E-state index contributed by atoms with van der Waals surface area (Å²) in [5, 5.41) is 33.5. The van der Waals surface area contributed by atoms with E-state index in [1.807, 2.05) is 19.1 Å². The van der Waals surface area contributed by atoms with Gasteiger partial charge in [-0.3, -0.25) is 20.2 Å². The van der Waals surface area contributed by atoms with Crippen molar-refractivity contribution in [1.29, 1.82) is 0 Å². The lowest BCUT2D eigenvalue weighted by atomic mass is 10.1. The third-order valence-corrected chi connectivity index (χ3v) is 8.38. The normalized spacial score (nSPS) is 14.4. The number of nitrogens with one attached hydrogen (secondary N) is 4. The summed E-state index contributed by atoms with van der Waals surface area (Å²) in [7, 11) is 0. The number of hydrogen-bond acceptors (Lipinski definition) is 13. The zero-order chi connectivity index (χ0) is 38.3. The number of ether oxygens (including phenoxy) is 3. The predicted molar refractivity (Wildman–Crippen MR) is 205 cm³/mol. The number of rotatable bonds is 27. The van der Waals surface area contributed by atoms with Gasteiger partial charge in [-0.25, -0.2) is 15.0 Å². The fourth-order valence-corrected chi connectivity index (χ4v) is 5.18. The van der Waals surface area contributed by atoms with Crippen LogP contribution in [0.4, 0.5) is 11.5 Å². The molecule has 0 radical (unpaired) electrons. The van der Waals surface area contributed by atoms with Gasteiger partial charge in [0.15, 0.2) is 12.0 Å². The fraction of sp³-hybridized carbons (Fsp3) is 0.658. The van der Waals surface area contributed by atoms with E-state index in [0.717, 1.165) is 64.6 Å². The second kappa shape index (κ2) is 25.4. The Morgan fingerprint density at radius 2 is 1.53 bits per heavy atom. The van der Waals surface area contributed by atoms with Gasteiger partial charge in [-0.1, -0.05) is 52.7 Å². The number of hydrogen-bond donors (Lipinski definition) is 6. The molecule has 296 valence electrons. The van der Waals surface area contributed by atoms with E-state index < -0.39 is 12.5 Å². The number of unbranched alkanes of at least 4 members (excludes halogenated alkanes) is 3. The molecular formula is C38H62N8O7. The van der Waals surface area contributed by atoms with Crippen molar-refractivity contribution < 1.29 is 34.0 Å². The van der Waals surface area contributed by atoms with Crippen LogP contribution in [0.1, 0.15) is 108 Å². The average Bonchev–Trinajstić information content (AvgIpc) is 3.15. The van der Waals surface area contributed by atoms with Crippen LogP contribution in [0.2, 0.25) is 0 Å². The minimum atomic E-state index is -1.33. The van der Waals surface area contributed by atoms with Crippen LogP contribution in [0.3, 0.4) is 0 Å². The summed E-state index contributed by atoms with van der Waals surface area (Å²) in [4.78, 5) is 40.1. The van der Waals surface area contributed by atoms with Gasteiger partial charge in [-0.15, -0.1) is 0 Å². The van der Waals surface area contributed by atoms with E-state index in [2.05, 4.69) is 43.2 Å². The van der Waals surface area contributed by atoms with Crippen molar-refractivity contribution in [2.75, 3.05) is 69.5 Å². The van der Waals surface area contributed by atoms with Crippen LogP contribution in [0.15, 0.2) is 35.5 Å². The van der Waals surface area contributed by atoms with Gasteiger partial charge in [0.05, 0.1) is 44.9 Å². The van der Waals surface area contributed by atoms with Crippen LogP contribution in [0.5, 0.6) is 0 Å². The third kappa shape index (κ3) is 16.5. The van der Waals surface area contributed by atoms with Gasteiger partial charge in [0, 0.05) is 31.2 Å². The van der Waals surface area contributed by atoms with Crippen LogP contribution < -0.4 is 26.2 Å². The molecule has 2 unspecified atom stereocenters. The summed E-state index contributed by atoms with van der Waals surface area (Å²) in [6.07, 6.45) is 6.38. The highest BCUT2D eigenvalue weighted by molar-refractivity contribution is 6.05. The molecule has 2 amide bonds. The molecule has 53 heavy (non-hydrogen) atoms. The Hall–Kier alpha value is -3.57. The van der Waals surface area contributed by atoms with E-state index in [1.54, 1.807) is 30.9 Å². The second-order valence-corrected chi connectivity index (χ2v) is 13.2. The monoisotopic (exact) mass is 742 g/mol. The summed E-state index contributed by atoms with van der Waals surface area (Å²) >= 11 is 0. The van der Waals surface area contributed by atoms with E-state index in [-0.39, 0.29) is 41.7 Å². The molecule has 0 bridgehead atoms. The molecule has 15 nitrogen and oxygen atoms in total. The smallest absolute Gasteiger partial charge is 0.229 e.